The van der Waals surface area contributed by atoms with Gasteiger partial charge >= 0.3 is 0 Å². The van der Waals surface area contributed by atoms with E-state index in [1.807, 2.05) is 30.3 Å². The van der Waals surface area contributed by atoms with E-state index in [0.29, 0.717) is 17.9 Å². The van der Waals surface area contributed by atoms with E-state index in [2.05, 4.69) is 0 Å². The molecule has 0 aliphatic heterocycles. The Hall–Kier alpha value is -2.82. The quantitative estimate of drug-likeness (QED) is 0.889. The molecule has 5 nitrogen and oxygen atoms in total. The van der Waals surface area contributed by atoms with Crippen LogP contribution in [-0.2, 0) is 11.3 Å². The number of benzene rings is 2. The average Bonchev–Trinajstić information content (AvgIpc) is 2.55. The largest absolute Gasteiger partial charge is 0.481 e. The zero-order valence-electron chi connectivity index (χ0n) is 13.2. The lowest BCUT2D eigenvalue weighted by Gasteiger charge is -2.22. The number of nitrogens with two attached hydrogens (primary N) is 1. The third-order valence-electron chi connectivity index (χ3n) is 3.44. The van der Waals surface area contributed by atoms with Gasteiger partial charge in [-0.05, 0) is 36.8 Å². The van der Waals surface area contributed by atoms with Gasteiger partial charge in [-0.1, -0.05) is 30.3 Å². The predicted molar refractivity (Wildman–Crippen MR) is 88.0 cm³/mol. The van der Waals surface area contributed by atoms with Gasteiger partial charge in [0, 0.05) is 19.2 Å². The third kappa shape index (κ3) is 4.57. The molecular weight excluding hydrogens is 292 g/mol. The minimum atomic E-state index is -0.622. The normalized spacial score (nSPS) is 11.6. The maximum absolute atomic E-state index is 12.4. The van der Waals surface area contributed by atoms with Gasteiger partial charge in [0.05, 0.1) is 0 Å². The maximum Gasteiger partial charge on any atom is 0.263 e. The summed E-state index contributed by atoms with van der Waals surface area (Å²) in [5.74, 6) is -0.0972. The standard InChI is InChI=1S/C18H20N2O3/c1-13(23-16-10-8-15(9-11-16)17(19)21)18(22)20(2)12-14-6-4-3-5-7-14/h3-11,13H,12H2,1-2H3,(H2,19,21)/t13-/m0/s1. The van der Waals surface area contributed by atoms with E-state index < -0.39 is 12.0 Å². The van der Waals surface area contributed by atoms with Crippen LogP contribution in [0.2, 0.25) is 0 Å². The molecule has 0 saturated carbocycles. The first kappa shape index (κ1) is 16.5. The van der Waals surface area contributed by atoms with Crippen molar-refractivity contribution < 1.29 is 14.3 Å². The van der Waals surface area contributed by atoms with E-state index in [-0.39, 0.29) is 5.91 Å². The molecule has 1 atom stereocenters. The molecule has 0 saturated heterocycles. The van der Waals surface area contributed by atoms with Gasteiger partial charge in [0.1, 0.15) is 5.75 Å². The molecule has 0 radical (unpaired) electrons. The molecule has 0 spiro atoms. The molecule has 0 aliphatic carbocycles. The van der Waals surface area contributed by atoms with Crippen molar-refractivity contribution in [1.82, 2.24) is 4.90 Å². The molecule has 2 N–H and O–H groups in total. The second-order valence-electron chi connectivity index (χ2n) is 5.33. The number of hydrogen-bond donors (Lipinski definition) is 1. The fraction of sp³-hybridized carbons (Fsp3) is 0.222. The number of hydrogen-bond acceptors (Lipinski definition) is 3. The summed E-state index contributed by atoms with van der Waals surface area (Å²) in [4.78, 5) is 25.0. The first-order valence-corrected chi connectivity index (χ1v) is 7.33. The zero-order valence-corrected chi connectivity index (χ0v) is 13.2. The first-order valence-electron chi connectivity index (χ1n) is 7.33. The van der Waals surface area contributed by atoms with Gasteiger partial charge in [0.25, 0.3) is 5.91 Å². The summed E-state index contributed by atoms with van der Waals surface area (Å²) >= 11 is 0. The van der Waals surface area contributed by atoms with Gasteiger partial charge in [0.2, 0.25) is 5.91 Å². The Labute approximate surface area is 135 Å². The van der Waals surface area contributed by atoms with E-state index in [1.54, 1.807) is 43.1 Å². The van der Waals surface area contributed by atoms with Crippen LogP contribution >= 0.6 is 0 Å². The second-order valence-corrected chi connectivity index (χ2v) is 5.33. The molecule has 0 unspecified atom stereocenters. The molecule has 2 aromatic carbocycles. The van der Waals surface area contributed by atoms with Crippen molar-refractivity contribution in [2.24, 2.45) is 5.73 Å². The molecular formula is C18H20N2O3. The Morgan fingerprint density at radius 1 is 1.09 bits per heavy atom. The smallest absolute Gasteiger partial charge is 0.263 e. The van der Waals surface area contributed by atoms with Crippen LogP contribution in [0.4, 0.5) is 0 Å². The van der Waals surface area contributed by atoms with Gasteiger partial charge in [-0.25, -0.2) is 0 Å². The summed E-state index contributed by atoms with van der Waals surface area (Å²) in [6, 6.07) is 16.2. The first-order chi connectivity index (χ1) is 11.0. The van der Waals surface area contributed by atoms with Gasteiger partial charge in [-0.2, -0.15) is 0 Å². The molecule has 120 valence electrons. The van der Waals surface area contributed by atoms with Crippen LogP contribution in [0.5, 0.6) is 5.75 Å². The zero-order chi connectivity index (χ0) is 16.8. The lowest BCUT2D eigenvalue weighted by atomic mass is 10.2. The molecule has 5 heteroatoms. The highest BCUT2D eigenvalue weighted by Gasteiger charge is 2.19. The fourth-order valence-corrected chi connectivity index (χ4v) is 2.20. The monoisotopic (exact) mass is 312 g/mol. The van der Waals surface area contributed by atoms with Crippen LogP contribution in [0.15, 0.2) is 54.6 Å². The molecule has 0 bridgehead atoms. The fourth-order valence-electron chi connectivity index (χ4n) is 2.20. The summed E-state index contributed by atoms with van der Waals surface area (Å²) in [5.41, 5.74) is 6.64. The lowest BCUT2D eigenvalue weighted by Crippen LogP contribution is -2.37. The van der Waals surface area contributed by atoms with Crippen LogP contribution in [0.25, 0.3) is 0 Å². The summed E-state index contributed by atoms with van der Waals surface area (Å²) in [5, 5.41) is 0. The van der Waals surface area contributed by atoms with Crippen LogP contribution in [0.1, 0.15) is 22.8 Å². The van der Waals surface area contributed by atoms with Gasteiger partial charge in [-0.15, -0.1) is 0 Å². The van der Waals surface area contributed by atoms with Crippen LogP contribution < -0.4 is 10.5 Å². The van der Waals surface area contributed by atoms with Crippen molar-refractivity contribution in [2.75, 3.05) is 7.05 Å². The summed E-state index contributed by atoms with van der Waals surface area (Å²) in [6.45, 7) is 2.22. The van der Waals surface area contributed by atoms with Crippen molar-refractivity contribution in [3.05, 3.63) is 65.7 Å². The molecule has 0 aromatic heterocycles. The van der Waals surface area contributed by atoms with Crippen molar-refractivity contribution in [1.29, 1.82) is 0 Å². The Bertz CT molecular complexity index is 668. The molecule has 23 heavy (non-hydrogen) atoms. The van der Waals surface area contributed by atoms with Crippen LogP contribution in [0.3, 0.4) is 0 Å². The molecule has 0 heterocycles. The summed E-state index contributed by atoms with van der Waals surface area (Å²) in [6.07, 6.45) is -0.622. The molecule has 0 fully saturated rings. The number of carbonyl (C=O) groups is 2. The van der Waals surface area contributed by atoms with E-state index in [4.69, 9.17) is 10.5 Å². The van der Waals surface area contributed by atoms with E-state index in [0.717, 1.165) is 5.56 Å². The Kier molecular flexibility index (Phi) is 5.36. The number of primary amides is 1. The minimum Gasteiger partial charge on any atom is -0.481 e. The minimum absolute atomic E-state index is 0.118. The highest BCUT2D eigenvalue weighted by molar-refractivity contribution is 5.92. The topological polar surface area (TPSA) is 72.6 Å². The Balaban J connectivity index is 1.95. The van der Waals surface area contributed by atoms with E-state index in [9.17, 15) is 9.59 Å². The van der Waals surface area contributed by atoms with Crippen LogP contribution in [0, 0.1) is 0 Å². The number of carbonyl (C=O) groups excluding carboxylic acids is 2. The number of ether oxygens (including phenoxy) is 1. The van der Waals surface area contributed by atoms with Crippen molar-refractivity contribution in [3.63, 3.8) is 0 Å². The summed E-state index contributed by atoms with van der Waals surface area (Å²) in [7, 11) is 1.74. The van der Waals surface area contributed by atoms with Gasteiger partial charge < -0.3 is 15.4 Å². The van der Waals surface area contributed by atoms with E-state index >= 15 is 0 Å². The SMILES string of the molecule is C[C@H](Oc1ccc(C(N)=O)cc1)C(=O)N(C)Cc1ccccc1. The van der Waals surface area contributed by atoms with E-state index in [1.165, 1.54) is 0 Å². The molecule has 2 amide bonds. The molecule has 0 aliphatic rings. The van der Waals surface area contributed by atoms with Crippen molar-refractivity contribution in [2.45, 2.75) is 19.6 Å². The Morgan fingerprint density at radius 2 is 1.70 bits per heavy atom. The second kappa shape index (κ2) is 7.45. The Morgan fingerprint density at radius 3 is 2.26 bits per heavy atom. The average molecular weight is 312 g/mol. The van der Waals surface area contributed by atoms with Crippen molar-refractivity contribution >= 4 is 11.8 Å². The number of nitrogens with zero attached hydrogens (tertiary/aromatic N) is 1. The number of likely N-dealkylation sites (N-methyl/N-ethyl adjacent to an activating group) is 1. The summed E-state index contributed by atoms with van der Waals surface area (Å²) < 4.78 is 5.63. The molecule has 2 aromatic rings. The highest BCUT2D eigenvalue weighted by atomic mass is 16.5. The molecule has 2 rings (SSSR count). The maximum atomic E-state index is 12.4. The third-order valence-corrected chi connectivity index (χ3v) is 3.44. The lowest BCUT2D eigenvalue weighted by molar-refractivity contribution is -0.137. The number of rotatable bonds is 6. The highest BCUT2D eigenvalue weighted by Crippen LogP contribution is 2.15. The van der Waals surface area contributed by atoms with Gasteiger partial charge in [-0.3, -0.25) is 9.59 Å². The van der Waals surface area contributed by atoms with Gasteiger partial charge in [0.15, 0.2) is 6.10 Å². The van der Waals surface area contributed by atoms with Crippen molar-refractivity contribution in [3.8, 4) is 5.75 Å². The number of amides is 2. The van der Waals surface area contributed by atoms with Crippen LogP contribution in [-0.4, -0.2) is 29.9 Å². The predicted octanol–water partition coefficient (Wildman–Crippen LogP) is 2.21.